The van der Waals surface area contributed by atoms with Gasteiger partial charge in [-0.1, -0.05) is 37.1 Å². The van der Waals surface area contributed by atoms with Crippen molar-refractivity contribution in [2.75, 3.05) is 10.2 Å². The van der Waals surface area contributed by atoms with Gasteiger partial charge >= 0.3 is 0 Å². The average Bonchev–Trinajstić information content (AvgIpc) is 2.94. The van der Waals surface area contributed by atoms with E-state index in [0.29, 0.717) is 11.3 Å². The van der Waals surface area contributed by atoms with Crippen molar-refractivity contribution in [3.8, 4) is 0 Å². The molecule has 2 aliphatic rings. The van der Waals surface area contributed by atoms with Gasteiger partial charge in [-0.2, -0.15) is 0 Å². The number of carbonyl (C=O) groups is 3. The molecule has 5 nitrogen and oxygen atoms in total. The fourth-order valence-corrected chi connectivity index (χ4v) is 4.11. The fraction of sp³-hybridized carbons (Fsp3) is 0.318. The van der Waals surface area contributed by atoms with Gasteiger partial charge in [-0.25, -0.2) is 0 Å². The van der Waals surface area contributed by atoms with E-state index in [1.54, 1.807) is 24.3 Å². The highest BCUT2D eigenvalue weighted by atomic mass is 16.2. The van der Waals surface area contributed by atoms with Crippen LogP contribution >= 0.6 is 0 Å². The Morgan fingerprint density at radius 2 is 1.63 bits per heavy atom. The summed E-state index contributed by atoms with van der Waals surface area (Å²) in [6.07, 6.45) is 3.54. The molecule has 0 radical (unpaired) electrons. The number of anilines is 2. The summed E-state index contributed by atoms with van der Waals surface area (Å²) in [6, 6.07) is 14.3. The number of fused-ring (bicyclic) bond motifs is 1. The summed E-state index contributed by atoms with van der Waals surface area (Å²) in [7, 11) is 0. The van der Waals surface area contributed by atoms with Gasteiger partial charge in [0.1, 0.15) is 0 Å². The Morgan fingerprint density at radius 3 is 2.30 bits per heavy atom. The molecule has 1 aliphatic heterocycles. The smallest absolute Gasteiger partial charge is 0.255 e. The molecule has 0 bridgehead atoms. The zero-order valence-electron chi connectivity index (χ0n) is 15.3. The first-order valence-corrected chi connectivity index (χ1v) is 9.41. The maximum atomic E-state index is 12.8. The fourth-order valence-electron chi connectivity index (χ4n) is 4.11. The van der Waals surface area contributed by atoms with Gasteiger partial charge in [0.15, 0.2) is 0 Å². The van der Waals surface area contributed by atoms with E-state index in [2.05, 4.69) is 5.32 Å². The summed E-state index contributed by atoms with van der Waals surface area (Å²) in [4.78, 5) is 39.5. The van der Waals surface area contributed by atoms with Crippen LogP contribution in [0.4, 0.5) is 11.4 Å². The molecule has 4 rings (SSSR count). The van der Waals surface area contributed by atoms with Crippen molar-refractivity contribution < 1.29 is 14.4 Å². The zero-order chi connectivity index (χ0) is 19.0. The second-order valence-corrected chi connectivity index (χ2v) is 7.33. The van der Waals surface area contributed by atoms with Crippen LogP contribution in [-0.4, -0.2) is 17.7 Å². The molecule has 138 valence electrons. The van der Waals surface area contributed by atoms with Gasteiger partial charge in [0, 0.05) is 11.3 Å². The predicted octanol–water partition coefficient (Wildman–Crippen LogP) is 3.93. The largest absolute Gasteiger partial charge is 0.322 e. The number of hydrogen-bond donors (Lipinski definition) is 1. The molecule has 27 heavy (non-hydrogen) atoms. The lowest BCUT2D eigenvalue weighted by Crippen LogP contribution is -2.31. The number of nitrogens with zero attached hydrogens (tertiary/aromatic N) is 1. The molecule has 2 fully saturated rings. The molecule has 2 aromatic carbocycles. The van der Waals surface area contributed by atoms with E-state index in [9.17, 15) is 14.4 Å². The van der Waals surface area contributed by atoms with E-state index in [4.69, 9.17) is 0 Å². The van der Waals surface area contributed by atoms with E-state index in [0.717, 1.165) is 36.9 Å². The summed E-state index contributed by atoms with van der Waals surface area (Å²) < 4.78 is 0. The Morgan fingerprint density at radius 1 is 0.963 bits per heavy atom. The predicted molar refractivity (Wildman–Crippen MR) is 104 cm³/mol. The van der Waals surface area contributed by atoms with Crippen molar-refractivity contribution in [3.63, 3.8) is 0 Å². The van der Waals surface area contributed by atoms with Gasteiger partial charge in [-0.3, -0.25) is 19.3 Å². The maximum absolute atomic E-state index is 12.8. The van der Waals surface area contributed by atoms with Crippen molar-refractivity contribution in [2.24, 2.45) is 11.8 Å². The Balaban J connectivity index is 1.59. The van der Waals surface area contributed by atoms with E-state index < -0.39 is 0 Å². The van der Waals surface area contributed by atoms with Crippen LogP contribution in [0.1, 0.15) is 41.6 Å². The zero-order valence-corrected chi connectivity index (χ0v) is 15.3. The number of nitrogens with one attached hydrogen (secondary N) is 1. The topological polar surface area (TPSA) is 66.5 Å². The summed E-state index contributed by atoms with van der Waals surface area (Å²) in [5.74, 6) is -0.906. The number of carbonyl (C=O) groups excluding carboxylic acids is 3. The highest BCUT2D eigenvalue weighted by Gasteiger charge is 2.48. The van der Waals surface area contributed by atoms with Crippen molar-refractivity contribution >= 4 is 29.1 Å². The average molecular weight is 362 g/mol. The first-order valence-electron chi connectivity index (χ1n) is 9.41. The van der Waals surface area contributed by atoms with Crippen molar-refractivity contribution in [3.05, 3.63) is 59.7 Å². The van der Waals surface area contributed by atoms with Gasteiger partial charge in [0.2, 0.25) is 11.8 Å². The van der Waals surface area contributed by atoms with E-state index in [1.165, 1.54) is 4.90 Å². The third-order valence-corrected chi connectivity index (χ3v) is 5.60. The monoisotopic (exact) mass is 362 g/mol. The van der Waals surface area contributed by atoms with Gasteiger partial charge in [-0.15, -0.1) is 0 Å². The van der Waals surface area contributed by atoms with E-state index in [-0.39, 0.29) is 29.6 Å². The molecule has 5 heteroatoms. The first kappa shape index (κ1) is 17.5. The number of hydrogen-bond acceptors (Lipinski definition) is 3. The highest BCUT2D eigenvalue weighted by Crippen LogP contribution is 2.40. The third-order valence-electron chi connectivity index (χ3n) is 5.60. The van der Waals surface area contributed by atoms with Gasteiger partial charge in [0.25, 0.3) is 5.91 Å². The number of para-hydroxylation sites is 1. The number of aryl methyl sites for hydroxylation is 1. The van der Waals surface area contributed by atoms with E-state index >= 15 is 0 Å². The Kier molecular flexibility index (Phi) is 4.52. The molecule has 1 N–H and O–H groups in total. The summed E-state index contributed by atoms with van der Waals surface area (Å²) in [5.41, 5.74) is 2.62. The SMILES string of the molecule is Cc1ccccc1NC(=O)c1cccc(N2C(=O)[C@@H]3CCCC[C@H]3C2=O)c1. The van der Waals surface area contributed by atoms with Crippen molar-refractivity contribution in [1.82, 2.24) is 0 Å². The molecular weight excluding hydrogens is 340 g/mol. The van der Waals surface area contributed by atoms with Crippen LogP contribution < -0.4 is 10.2 Å². The lowest BCUT2D eigenvalue weighted by atomic mass is 9.81. The van der Waals surface area contributed by atoms with Crippen molar-refractivity contribution in [1.29, 1.82) is 0 Å². The first-order chi connectivity index (χ1) is 13.1. The van der Waals surface area contributed by atoms with E-state index in [1.807, 2.05) is 31.2 Å². The van der Waals surface area contributed by atoms with Gasteiger partial charge < -0.3 is 5.32 Å². The van der Waals surface area contributed by atoms with Crippen molar-refractivity contribution in [2.45, 2.75) is 32.6 Å². The lowest BCUT2D eigenvalue weighted by molar-refractivity contribution is -0.122. The van der Waals surface area contributed by atoms with Crippen LogP contribution in [0.2, 0.25) is 0 Å². The summed E-state index contributed by atoms with van der Waals surface area (Å²) in [6.45, 7) is 1.93. The Bertz CT molecular complexity index is 897. The van der Waals surface area contributed by atoms with Crippen LogP contribution in [0.3, 0.4) is 0 Å². The number of rotatable bonds is 3. The lowest BCUT2D eigenvalue weighted by Gasteiger charge is -2.19. The minimum Gasteiger partial charge on any atom is -0.322 e. The van der Waals surface area contributed by atoms with Gasteiger partial charge in [0.05, 0.1) is 17.5 Å². The Labute approximate surface area is 158 Å². The molecular formula is C22H22N2O3. The summed E-state index contributed by atoms with van der Waals surface area (Å²) in [5, 5.41) is 2.89. The molecule has 1 saturated heterocycles. The molecule has 1 aliphatic carbocycles. The van der Waals surface area contributed by atoms with Crippen LogP contribution in [0.15, 0.2) is 48.5 Å². The number of amides is 3. The molecule has 2 aromatic rings. The van der Waals surface area contributed by atoms with Crippen LogP contribution in [-0.2, 0) is 9.59 Å². The second-order valence-electron chi connectivity index (χ2n) is 7.33. The third kappa shape index (κ3) is 3.14. The normalized spacial score (nSPS) is 21.9. The van der Waals surface area contributed by atoms with Crippen LogP contribution in [0.5, 0.6) is 0 Å². The highest BCUT2D eigenvalue weighted by molar-refractivity contribution is 6.22. The minimum atomic E-state index is -0.261. The maximum Gasteiger partial charge on any atom is 0.255 e. The van der Waals surface area contributed by atoms with Gasteiger partial charge in [-0.05, 0) is 49.6 Å². The number of benzene rings is 2. The quantitative estimate of drug-likeness (QED) is 0.842. The standard InChI is InChI=1S/C22H22N2O3/c1-14-7-2-5-12-19(14)23-20(25)15-8-6-9-16(13-15)24-21(26)17-10-3-4-11-18(17)22(24)27/h2,5-9,12-13,17-18H,3-4,10-11H2,1H3,(H,23,25)/t17-,18-/m1/s1. The molecule has 1 saturated carbocycles. The molecule has 0 aromatic heterocycles. The van der Waals surface area contributed by atoms with Crippen LogP contribution in [0.25, 0.3) is 0 Å². The molecule has 2 atom stereocenters. The van der Waals surface area contributed by atoms with Crippen LogP contribution in [0, 0.1) is 18.8 Å². The second kappa shape index (κ2) is 6.99. The molecule has 3 amide bonds. The Hall–Kier alpha value is -2.95. The summed E-state index contributed by atoms with van der Waals surface area (Å²) >= 11 is 0. The number of imide groups is 1. The molecule has 0 unspecified atom stereocenters. The minimum absolute atomic E-state index is 0.124. The molecule has 1 heterocycles. The molecule has 0 spiro atoms.